The summed E-state index contributed by atoms with van der Waals surface area (Å²) in [5.41, 5.74) is 1.02. The molecule has 0 saturated carbocycles. The number of ketones is 1. The lowest BCUT2D eigenvalue weighted by Gasteiger charge is -2.12. The molecule has 1 amide bonds. The van der Waals surface area contributed by atoms with Gasteiger partial charge in [0.2, 0.25) is 0 Å². The van der Waals surface area contributed by atoms with E-state index in [0.717, 1.165) is 17.7 Å². The Morgan fingerprint density at radius 2 is 1.50 bits per heavy atom. The first-order chi connectivity index (χ1) is 12.5. The molecule has 0 unspecified atom stereocenters. The van der Waals surface area contributed by atoms with Crippen LogP contribution in [0.3, 0.4) is 0 Å². The Morgan fingerprint density at radius 1 is 0.846 bits per heavy atom. The second-order valence-electron chi connectivity index (χ2n) is 5.79. The van der Waals surface area contributed by atoms with E-state index in [1.54, 1.807) is 48.5 Å². The van der Waals surface area contributed by atoms with Gasteiger partial charge in [-0.2, -0.15) is 0 Å². The molecule has 1 N–H and O–H groups in total. The highest BCUT2D eigenvalue weighted by Crippen LogP contribution is 2.23. The molecule has 0 spiro atoms. The highest BCUT2D eigenvalue weighted by molar-refractivity contribution is 6.15. The number of halogens is 2. The van der Waals surface area contributed by atoms with E-state index in [9.17, 15) is 18.4 Å². The first-order valence-electron chi connectivity index (χ1n) is 7.93. The monoisotopic (exact) mass is 351 g/mol. The Balaban J connectivity index is 1.99. The zero-order chi connectivity index (χ0) is 18.7. The minimum Gasteiger partial charge on any atom is -0.321 e. The molecule has 3 rings (SSSR count). The molecule has 0 fully saturated rings. The predicted molar refractivity (Wildman–Crippen MR) is 95.4 cm³/mol. The van der Waals surface area contributed by atoms with Gasteiger partial charge in [-0.05, 0) is 31.2 Å². The number of hydrogen-bond acceptors (Lipinski definition) is 2. The average Bonchev–Trinajstić information content (AvgIpc) is 2.63. The quantitative estimate of drug-likeness (QED) is 0.689. The second kappa shape index (κ2) is 7.27. The van der Waals surface area contributed by atoms with E-state index in [-0.39, 0.29) is 17.0 Å². The van der Waals surface area contributed by atoms with E-state index in [1.807, 2.05) is 6.92 Å². The molecule has 0 aromatic heterocycles. The van der Waals surface area contributed by atoms with Crippen molar-refractivity contribution in [2.45, 2.75) is 6.92 Å². The Morgan fingerprint density at radius 3 is 2.15 bits per heavy atom. The lowest BCUT2D eigenvalue weighted by Crippen LogP contribution is -2.18. The van der Waals surface area contributed by atoms with Crippen molar-refractivity contribution in [2.75, 3.05) is 5.32 Å². The van der Waals surface area contributed by atoms with Gasteiger partial charge in [-0.15, -0.1) is 0 Å². The molecule has 3 aromatic carbocycles. The van der Waals surface area contributed by atoms with E-state index in [2.05, 4.69) is 5.32 Å². The summed E-state index contributed by atoms with van der Waals surface area (Å²) in [6.07, 6.45) is 0. The summed E-state index contributed by atoms with van der Waals surface area (Å²) in [4.78, 5) is 25.1. The van der Waals surface area contributed by atoms with Crippen LogP contribution in [0.1, 0.15) is 31.8 Å². The van der Waals surface area contributed by atoms with Crippen molar-refractivity contribution in [2.24, 2.45) is 0 Å². The van der Waals surface area contributed by atoms with Crippen LogP contribution in [0.5, 0.6) is 0 Å². The molecule has 0 aliphatic heterocycles. The lowest BCUT2D eigenvalue weighted by molar-refractivity contribution is 0.101. The maximum atomic E-state index is 13.8. The van der Waals surface area contributed by atoms with Gasteiger partial charge in [-0.1, -0.05) is 48.0 Å². The van der Waals surface area contributed by atoms with Gasteiger partial charge in [-0.3, -0.25) is 9.59 Å². The minimum atomic E-state index is -0.967. The summed E-state index contributed by atoms with van der Waals surface area (Å²) in [6, 6.07) is 16.6. The normalized spacial score (nSPS) is 10.4. The number of carbonyl (C=O) groups excluding carboxylic acids is 2. The highest BCUT2D eigenvalue weighted by atomic mass is 19.1. The molecule has 0 radical (unpaired) electrons. The zero-order valence-electron chi connectivity index (χ0n) is 13.9. The van der Waals surface area contributed by atoms with Crippen LogP contribution in [-0.4, -0.2) is 11.7 Å². The van der Waals surface area contributed by atoms with Crippen LogP contribution in [0, 0.1) is 18.6 Å². The first kappa shape index (κ1) is 17.5. The highest BCUT2D eigenvalue weighted by Gasteiger charge is 2.20. The van der Waals surface area contributed by atoms with Crippen molar-refractivity contribution >= 4 is 17.4 Å². The smallest absolute Gasteiger partial charge is 0.261 e. The Hall–Kier alpha value is -3.34. The Bertz CT molecular complexity index is 964. The van der Waals surface area contributed by atoms with E-state index >= 15 is 0 Å². The van der Waals surface area contributed by atoms with E-state index in [0.29, 0.717) is 5.56 Å². The van der Waals surface area contributed by atoms with E-state index in [1.165, 1.54) is 6.07 Å². The van der Waals surface area contributed by atoms with Crippen molar-refractivity contribution in [1.82, 2.24) is 0 Å². The number of carbonyl (C=O) groups is 2. The number of aryl methyl sites for hydroxylation is 1. The van der Waals surface area contributed by atoms with E-state index < -0.39 is 23.1 Å². The largest absolute Gasteiger partial charge is 0.321 e. The van der Waals surface area contributed by atoms with Gasteiger partial charge in [0.15, 0.2) is 5.78 Å². The molecular formula is C21H15F2NO2. The third-order valence-electron chi connectivity index (χ3n) is 3.89. The average molecular weight is 351 g/mol. The number of nitrogens with one attached hydrogen (secondary N) is 1. The molecule has 0 heterocycles. The molecule has 3 nitrogen and oxygen atoms in total. The summed E-state index contributed by atoms with van der Waals surface area (Å²) < 4.78 is 27.6. The maximum absolute atomic E-state index is 13.8. The van der Waals surface area contributed by atoms with Gasteiger partial charge >= 0.3 is 0 Å². The Kier molecular flexibility index (Phi) is 4.89. The first-order valence-corrected chi connectivity index (χ1v) is 7.93. The fourth-order valence-corrected chi connectivity index (χ4v) is 2.60. The van der Waals surface area contributed by atoms with Crippen LogP contribution in [0.25, 0.3) is 0 Å². The van der Waals surface area contributed by atoms with Crippen molar-refractivity contribution < 1.29 is 18.4 Å². The lowest BCUT2D eigenvalue weighted by atomic mass is 9.99. The van der Waals surface area contributed by atoms with Crippen LogP contribution < -0.4 is 5.32 Å². The molecule has 3 aromatic rings. The van der Waals surface area contributed by atoms with Gasteiger partial charge in [0, 0.05) is 11.1 Å². The summed E-state index contributed by atoms with van der Waals surface area (Å²) in [5.74, 6) is -3.18. The fraction of sp³-hybridized carbons (Fsp3) is 0.0476. The van der Waals surface area contributed by atoms with Crippen LogP contribution in [0.4, 0.5) is 14.5 Å². The number of anilines is 1. The number of benzene rings is 3. The fourth-order valence-electron chi connectivity index (χ4n) is 2.60. The van der Waals surface area contributed by atoms with Gasteiger partial charge in [0.05, 0.1) is 5.69 Å². The number of rotatable bonds is 4. The topological polar surface area (TPSA) is 46.2 Å². The van der Waals surface area contributed by atoms with Crippen molar-refractivity contribution in [3.05, 3.63) is 101 Å². The maximum Gasteiger partial charge on any atom is 0.261 e. The molecule has 26 heavy (non-hydrogen) atoms. The molecule has 0 atom stereocenters. The van der Waals surface area contributed by atoms with Crippen LogP contribution >= 0.6 is 0 Å². The number of hydrogen-bond donors (Lipinski definition) is 1. The van der Waals surface area contributed by atoms with Crippen LogP contribution in [0.2, 0.25) is 0 Å². The molecule has 130 valence electrons. The van der Waals surface area contributed by atoms with Gasteiger partial charge in [0.1, 0.15) is 17.2 Å². The van der Waals surface area contributed by atoms with Crippen molar-refractivity contribution in [3.63, 3.8) is 0 Å². The molecular weight excluding hydrogens is 336 g/mol. The SMILES string of the molecule is Cc1ccc(NC(=O)c2c(F)cccc2F)c(C(=O)c2ccccc2)c1. The van der Waals surface area contributed by atoms with Crippen LogP contribution in [0.15, 0.2) is 66.7 Å². The minimum absolute atomic E-state index is 0.192. The third-order valence-corrected chi connectivity index (χ3v) is 3.89. The third kappa shape index (κ3) is 3.52. The van der Waals surface area contributed by atoms with E-state index in [4.69, 9.17) is 0 Å². The van der Waals surface area contributed by atoms with Gasteiger partial charge in [0.25, 0.3) is 5.91 Å². The van der Waals surface area contributed by atoms with Crippen molar-refractivity contribution in [3.8, 4) is 0 Å². The zero-order valence-corrected chi connectivity index (χ0v) is 13.9. The summed E-state index contributed by atoms with van der Waals surface area (Å²) in [7, 11) is 0. The summed E-state index contributed by atoms with van der Waals surface area (Å²) in [6.45, 7) is 1.81. The summed E-state index contributed by atoms with van der Waals surface area (Å²) >= 11 is 0. The second-order valence-corrected chi connectivity index (χ2v) is 5.79. The number of amides is 1. The Labute approximate surface area is 149 Å². The molecule has 0 bridgehead atoms. The summed E-state index contributed by atoms with van der Waals surface area (Å²) in [5, 5.41) is 2.45. The van der Waals surface area contributed by atoms with Gasteiger partial charge < -0.3 is 5.32 Å². The standard InChI is InChI=1S/C21H15F2NO2/c1-13-10-11-18(15(12-13)20(25)14-6-3-2-4-7-14)24-21(26)19-16(22)8-5-9-17(19)23/h2-12H,1H3,(H,24,26). The predicted octanol–water partition coefficient (Wildman–Crippen LogP) is 4.76. The molecule has 0 aliphatic rings. The molecule has 5 heteroatoms. The van der Waals surface area contributed by atoms with Crippen LogP contribution in [-0.2, 0) is 0 Å². The molecule has 0 aliphatic carbocycles. The van der Waals surface area contributed by atoms with Gasteiger partial charge in [-0.25, -0.2) is 8.78 Å². The van der Waals surface area contributed by atoms with Crippen molar-refractivity contribution in [1.29, 1.82) is 0 Å². The molecule has 0 saturated heterocycles.